The molecule has 0 amide bonds. The van der Waals surface area contributed by atoms with Crippen LogP contribution in [0.5, 0.6) is 0 Å². The Morgan fingerprint density at radius 3 is 2.67 bits per heavy atom. The fraction of sp³-hybridized carbons (Fsp3) is 0.500. The van der Waals surface area contributed by atoms with Crippen LogP contribution in [0.25, 0.3) is 0 Å². The maximum atomic E-state index is 10.8. The van der Waals surface area contributed by atoms with Crippen molar-refractivity contribution in [3.05, 3.63) is 28.8 Å². The molecule has 6 nitrogen and oxygen atoms in total. The minimum atomic E-state index is -0.832. The second-order valence-corrected chi connectivity index (χ2v) is 5.87. The molecule has 0 aromatic carbocycles. The van der Waals surface area contributed by atoms with Gasteiger partial charge >= 0.3 is 5.97 Å². The largest absolute Gasteiger partial charge is 0.481 e. The Balaban J connectivity index is 2.33. The highest BCUT2D eigenvalue weighted by Gasteiger charge is 2.16. The quantitative estimate of drug-likeness (QED) is 0.827. The van der Waals surface area contributed by atoms with E-state index in [2.05, 4.69) is 21.6 Å². The van der Waals surface area contributed by atoms with Crippen LogP contribution in [0.2, 0.25) is 0 Å². The van der Waals surface area contributed by atoms with Crippen molar-refractivity contribution >= 4 is 17.7 Å². The van der Waals surface area contributed by atoms with Crippen LogP contribution in [0.4, 0.5) is 0 Å². The molecule has 0 aliphatic carbocycles. The molecule has 0 saturated carbocycles. The second-order valence-electron chi connectivity index (χ2n) is 4.93. The monoisotopic (exact) mass is 308 g/mol. The zero-order valence-electron chi connectivity index (χ0n) is 12.8. The number of hydrogen-bond acceptors (Lipinski definition) is 4. The summed E-state index contributed by atoms with van der Waals surface area (Å²) in [6, 6.07) is 0. The van der Waals surface area contributed by atoms with Gasteiger partial charge in [-0.25, -0.2) is 4.98 Å². The smallest absolute Gasteiger partial charge is 0.313 e. The standard InChI is InChI=1S/C14H20N4O2S/c1-5-11-6-15-14(21-8-13(19)20)18(11)7-12-9(2)16-17(4)10(12)3/h6H,5,7-8H2,1-4H3,(H,19,20). The molecule has 21 heavy (non-hydrogen) atoms. The molecule has 0 bridgehead atoms. The molecule has 2 aromatic rings. The first-order valence-corrected chi connectivity index (χ1v) is 7.80. The van der Waals surface area contributed by atoms with Gasteiger partial charge in [0.25, 0.3) is 0 Å². The van der Waals surface area contributed by atoms with Crippen molar-refractivity contribution in [2.75, 3.05) is 5.75 Å². The lowest BCUT2D eigenvalue weighted by molar-refractivity contribution is -0.133. The van der Waals surface area contributed by atoms with E-state index in [-0.39, 0.29) is 5.75 Å². The first-order chi connectivity index (χ1) is 9.93. The lowest BCUT2D eigenvalue weighted by Gasteiger charge is -2.11. The van der Waals surface area contributed by atoms with Crippen molar-refractivity contribution in [2.45, 2.75) is 38.9 Å². The summed E-state index contributed by atoms with van der Waals surface area (Å²) in [6.45, 7) is 6.79. The van der Waals surface area contributed by atoms with Gasteiger partial charge in [-0.2, -0.15) is 5.10 Å². The molecule has 0 aliphatic rings. The SMILES string of the molecule is CCc1cnc(SCC(=O)O)n1Cc1c(C)nn(C)c1C. The van der Waals surface area contributed by atoms with Crippen LogP contribution < -0.4 is 0 Å². The Morgan fingerprint density at radius 2 is 2.14 bits per heavy atom. The van der Waals surface area contributed by atoms with Crippen molar-refractivity contribution in [3.63, 3.8) is 0 Å². The van der Waals surface area contributed by atoms with E-state index in [1.165, 1.54) is 17.3 Å². The minimum absolute atomic E-state index is 0.0190. The van der Waals surface area contributed by atoms with E-state index in [1.807, 2.05) is 31.8 Å². The van der Waals surface area contributed by atoms with E-state index in [1.54, 1.807) is 0 Å². The molecule has 0 fully saturated rings. The van der Waals surface area contributed by atoms with Gasteiger partial charge in [0, 0.05) is 30.2 Å². The summed E-state index contributed by atoms with van der Waals surface area (Å²) in [5, 5.41) is 14.0. The maximum absolute atomic E-state index is 10.8. The molecule has 0 radical (unpaired) electrons. The maximum Gasteiger partial charge on any atom is 0.313 e. The van der Waals surface area contributed by atoms with Crippen LogP contribution in [-0.4, -0.2) is 36.2 Å². The van der Waals surface area contributed by atoms with Gasteiger partial charge in [0.05, 0.1) is 18.0 Å². The van der Waals surface area contributed by atoms with E-state index in [9.17, 15) is 4.79 Å². The third kappa shape index (κ3) is 3.29. The summed E-state index contributed by atoms with van der Waals surface area (Å²) >= 11 is 1.25. The van der Waals surface area contributed by atoms with Crippen molar-refractivity contribution in [3.8, 4) is 0 Å². The predicted octanol–water partition coefficient (Wildman–Crippen LogP) is 2.02. The summed E-state index contributed by atoms with van der Waals surface area (Å²) in [5.41, 5.74) is 4.39. The van der Waals surface area contributed by atoms with Crippen molar-refractivity contribution in [1.29, 1.82) is 0 Å². The molecule has 0 saturated heterocycles. The zero-order chi connectivity index (χ0) is 15.6. The van der Waals surface area contributed by atoms with E-state index < -0.39 is 5.97 Å². The lowest BCUT2D eigenvalue weighted by Crippen LogP contribution is -2.08. The van der Waals surface area contributed by atoms with E-state index >= 15 is 0 Å². The fourth-order valence-electron chi connectivity index (χ4n) is 2.29. The number of aliphatic carboxylic acids is 1. The molecule has 114 valence electrons. The van der Waals surface area contributed by atoms with Crippen LogP contribution in [-0.2, 0) is 24.8 Å². The molecule has 0 aliphatic heterocycles. The average molecular weight is 308 g/mol. The Morgan fingerprint density at radius 1 is 1.43 bits per heavy atom. The van der Waals surface area contributed by atoms with Crippen molar-refractivity contribution in [1.82, 2.24) is 19.3 Å². The second kappa shape index (κ2) is 6.34. The number of aromatic nitrogens is 4. The zero-order valence-corrected chi connectivity index (χ0v) is 13.6. The van der Waals surface area contributed by atoms with Crippen LogP contribution in [0.3, 0.4) is 0 Å². The number of nitrogens with zero attached hydrogens (tertiary/aromatic N) is 4. The number of rotatable bonds is 6. The van der Waals surface area contributed by atoms with Crippen LogP contribution in [0.15, 0.2) is 11.4 Å². The van der Waals surface area contributed by atoms with Gasteiger partial charge in [-0.15, -0.1) is 0 Å². The first kappa shape index (κ1) is 15.6. The topological polar surface area (TPSA) is 72.9 Å². The predicted molar refractivity (Wildman–Crippen MR) is 81.7 cm³/mol. The van der Waals surface area contributed by atoms with Crippen LogP contribution in [0, 0.1) is 13.8 Å². The average Bonchev–Trinajstić information content (AvgIpc) is 2.92. The van der Waals surface area contributed by atoms with Gasteiger partial charge in [0.2, 0.25) is 0 Å². The Bertz CT molecular complexity index is 660. The molecule has 0 atom stereocenters. The molecular formula is C14H20N4O2S. The Labute approximate surface area is 128 Å². The number of carboxylic acids is 1. The number of aryl methyl sites for hydroxylation is 3. The number of carbonyl (C=O) groups is 1. The molecule has 2 aromatic heterocycles. The highest BCUT2D eigenvalue weighted by atomic mass is 32.2. The number of hydrogen-bond donors (Lipinski definition) is 1. The molecule has 0 spiro atoms. The minimum Gasteiger partial charge on any atom is -0.481 e. The van der Waals surface area contributed by atoms with Gasteiger partial charge in [-0.3, -0.25) is 9.48 Å². The first-order valence-electron chi connectivity index (χ1n) is 6.82. The molecule has 7 heteroatoms. The summed E-state index contributed by atoms with van der Waals surface area (Å²) in [6.07, 6.45) is 2.68. The fourth-order valence-corrected chi connectivity index (χ4v) is 3.01. The number of thioether (sulfide) groups is 1. The normalized spacial score (nSPS) is 11.0. The Kier molecular flexibility index (Phi) is 4.72. The Hall–Kier alpha value is -1.76. The van der Waals surface area contributed by atoms with E-state index in [0.29, 0.717) is 6.54 Å². The van der Waals surface area contributed by atoms with E-state index in [4.69, 9.17) is 5.11 Å². The molecule has 0 unspecified atom stereocenters. The summed E-state index contributed by atoms with van der Waals surface area (Å²) in [5.74, 6) is -0.813. The van der Waals surface area contributed by atoms with Gasteiger partial charge in [0.15, 0.2) is 5.16 Å². The molecular weight excluding hydrogens is 288 g/mol. The third-order valence-electron chi connectivity index (χ3n) is 3.56. The van der Waals surface area contributed by atoms with Gasteiger partial charge in [0.1, 0.15) is 0 Å². The van der Waals surface area contributed by atoms with Crippen LogP contribution >= 0.6 is 11.8 Å². The highest BCUT2D eigenvalue weighted by molar-refractivity contribution is 7.99. The van der Waals surface area contributed by atoms with Gasteiger partial charge < -0.3 is 9.67 Å². The van der Waals surface area contributed by atoms with Crippen LogP contribution in [0.1, 0.15) is 29.6 Å². The number of imidazole rings is 1. The number of carboxylic acid groups (broad SMARTS) is 1. The molecule has 1 N–H and O–H groups in total. The molecule has 2 rings (SSSR count). The summed E-state index contributed by atoms with van der Waals surface area (Å²) in [7, 11) is 1.93. The summed E-state index contributed by atoms with van der Waals surface area (Å²) < 4.78 is 3.96. The van der Waals surface area contributed by atoms with Gasteiger partial charge in [-0.1, -0.05) is 18.7 Å². The summed E-state index contributed by atoms with van der Waals surface area (Å²) in [4.78, 5) is 15.1. The van der Waals surface area contributed by atoms with Gasteiger partial charge in [-0.05, 0) is 20.3 Å². The molecule has 2 heterocycles. The highest BCUT2D eigenvalue weighted by Crippen LogP contribution is 2.22. The van der Waals surface area contributed by atoms with Crippen molar-refractivity contribution in [2.24, 2.45) is 7.05 Å². The van der Waals surface area contributed by atoms with Crippen molar-refractivity contribution < 1.29 is 9.90 Å². The van der Waals surface area contributed by atoms with E-state index in [0.717, 1.165) is 28.7 Å². The third-order valence-corrected chi connectivity index (χ3v) is 4.54. The lowest BCUT2D eigenvalue weighted by atomic mass is 10.2.